The fraction of sp³-hybridized carbons (Fsp3) is 0.533. The normalized spacial score (nSPS) is 17.2. The van der Waals surface area contributed by atoms with Crippen LogP contribution in [0.4, 0.5) is 0 Å². The second kappa shape index (κ2) is 7.11. The van der Waals surface area contributed by atoms with Crippen LogP contribution in [0, 0.1) is 0 Å². The minimum atomic E-state index is -3.48. The number of hydrogen-bond donors (Lipinski definition) is 1. The maximum Gasteiger partial charge on any atom is 0.243 e. The quantitative estimate of drug-likeness (QED) is 0.887. The molecule has 0 spiro atoms. The molecule has 0 saturated carbocycles. The van der Waals surface area contributed by atoms with Crippen molar-refractivity contribution in [2.45, 2.75) is 37.1 Å². The number of amides is 1. The molecule has 1 aliphatic rings. The molecule has 1 saturated heterocycles. The lowest BCUT2D eigenvalue weighted by Crippen LogP contribution is -2.46. The number of methoxy groups -OCH3 is 1. The highest BCUT2D eigenvalue weighted by Gasteiger charge is 2.29. The molecule has 7 heteroatoms. The van der Waals surface area contributed by atoms with Crippen molar-refractivity contribution in [1.82, 2.24) is 9.62 Å². The number of ether oxygens (including phenoxy) is 1. The summed E-state index contributed by atoms with van der Waals surface area (Å²) in [6.45, 7) is 2.64. The fourth-order valence-corrected chi connectivity index (χ4v) is 3.94. The Balaban J connectivity index is 2.01. The van der Waals surface area contributed by atoms with Crippen molar-refractivity contribution in [2.75, 3.05) is 20.2 Å². The van der Waals surface area contributed by atoms with Crippen molar-refractivity contribution in [3.05, 3.63) is 24.3 Å². The predicted molar refractivity (Wildman–Crippen MR) is 83.2 cm³/mol. The number of benzene rings is 1. The SMILES string of the molecule is CCC(=O)NC1CCN(S(=O)(=O)c2ccc(OC)cc2)CC1. The molecule has 2 rings (SSSR count). The zero-order valence-corrected chi connectivity index (χ0v) is 13.7. The second-order valence-electron chi connectivity index (χ2n) is 5.27. The van der Waals surface area contributed by atoms with Crippen LogP contribution in [-0.2, 0) is 14.8 Å². The first-order chi connectivity index (χ1) is 10.5. The van der Waals surface area contributed by atoms with Gasteiger partial charge in [-0.15, -0.1) is 0 Å². The van der Waals surface area contributed by atoms with Crippen LogP contribution in [0.3, 0.4) is 0 Å². The van der Waals surface area contributed by atoms with Crippen molar-refractivity contribution < 1.29 is 17.9 Å². The Morgan fingerprint density at radius 1 is 1.27 bits per heavy atom. The number of nitrogens with one attached hydrogen (secondary N) is 1. The fourth-order valence-electron chi connectivity index (χ4n) is 2.47. The van der Waals surface area contributed by atoms with Crippen LogP contribution in [0.1, 0.15) is 26.2 Å². The van der Waals surface area contributed by atoms with Crippen LogP contribution >= 0.6 is 0 Å². The lowest BCUT2D eigenvalue weighted by Gasteiger charge is -2.31. The largest absolute Gasteiger partial charge is 0.497 e. The molecule has 22 heavy (non-hydrogen) atoms. The van der Waals surface area contributed by atoms with Gasteiger partial charge in [0.05, 0.1) is 12.0 Å². The molecule has 0 aliphatic carbocycles. The van der Waals surface area contributed by atoms with Gasteiger partial charge in [-0.2, -0.15) is 4.31 Å². The lowest BCUT2D eigenvalue weighted by atomic mass is 10.1. The molecule has 0 atom stereocenters. The molecule has 1 heterocycles. The molecule has 1 aromatic rings. The first-order valence-corrected chi connectivity index (χ1v) is 8.85. The molecule has 1 aliphatic heterocycles. The minimum absolute atomic E-state index is 0.0106. The van der Waals surface area contributed by atoms with Crippen LogP contribution in [0.15, 0.2) is 29.2 Å². The molecule has 122 valence electrons. The van der Waals surface area contributed by atoms with Gasteiger partial charge in [0.2, 0.25) is 15.9 Å². The van der Waals surface area contributed by atoms with Crippen LogP contribution in [-0.4, -0.2) is 44.9 Å². The van der Waals surface area contributed by atoms with Gasteiger partial charge in [0.15, 0.2) is 0 Å². The molecule has 0 unspecified atom stereocenters. The number of nitrogens with zero attached hydrogens (tertiary/aromatic N) is 1. The van der Waals surface area contributed by atoms with Gasteiger partial charge in [0.1, 0.15) is 5.75 Å². The summed E-state index contributed by atoms with van der Waals surface area (Å²) in [7, 11) is -1.94. The summed E-state index contributed by atoms with van der Waals surface area (Å²) in [5.41, 5.74) is 0. The van der Waals surface area contributed by atoms with Gasteiger partial charge in [0, 0.05) is 25.6 Å². The zero-order chi connectivity index (χ0) is 16.2. The Hall–Kier alpha value is -1.60. The first-order valence-electron chi connectivity index (χ1n) is 7.41. The summed E-state index contributed by atoms with van der Waals surface area (Å²) in [6.07, 6.45) is 1.73. The van der Waals surface area contributed by atoms with E-state index in [1.54, 1.807) is 38.3 Å². The van der Waals surface area contributed by atoms with Gasteiger partial charge >= 0.3 is 0 Å². The van der Waals surface area contributed by atoms with Gasteiger partial charge in [-0.1, -0.05) is 6.92 Å². The van der Waals surface area contributed by atoms with E-state index in [1.807, 2.05) is 0 Å². The van der Waals surface area contributed by atoms with E-state index in [2.05, 4.69) is 5.32 Å². The Morgan fingerprint density at radius 2 is 1.86 bits per heavy atom. The van der Waals surface area contributed by atoms with E-state index < -0.39 is 10.0 Å². The zero-order valence-electron chi connectivity index (χ0n) is 12.9. The maximum absolute atomic E-state index is 12.6. The van der Waals surface area contributed by atoms with Crippen LogP contribution < -0.4 is 10.1 Å². The number of rotatable bonds is 5. The maximum atomic E-state index is 12.6. The molecule has 0 radical (unpaired) electrons. The second-order valence-corrected chi connectivity index (χ2v) is 7.21. The highest BCUT2D eigenvalue weighted by atomic mass is 32.2. The third-order valence-corrected chi connectivity index (χ3v) is 5.75. The summed E-state index contributed by atoms with van der Waals surface area (Å²) >= 11 is 0. The molecular formula is C15H22N2O4S. The highest BCUT2D eigenvalue weighted by molar-refractivity contribution is 7.89. The Morgan fingerprint density at radius 3 is 2.36 bits per heavy atom. The summed E-state index contributed by atoms with van der Waals surface area (Å²) in [4.78, 5) is 11.7. The summed E-state index contributed by atoms with van der Waals surface area (Å²) < 4.78 is 31.7. The molecule has 1 amide bonds. The Bertz CT molecular complexity index is 605. The van der Waals surface area contributed by atoms with Gasteiger partial charge in [-0.3, -0.25) is 4.79 Å². The van der Waals surface area contributed by atoms with Crippen molar-refractivity contribution >= 4 is 15.9 Å². The third kappa shape index (κ3) is 3.78. The van der Waals surface area contributed by atoms with E-state index in [9.17, 15) is 13.2 Å². The number of hydrogen-bond acceptors (Lipinski definition) is 4. The summed E-state index contributed by atoms with van der Waals surface area (Å²) in [5, 5.41) is 2.92. The van der Waals surface area contributed by atoms with Crippen molar-refractivity contribution in [3.63, 3.8) is 0 Å². The molecule has 0 aromatic heterocycles. The topological polar surface area (TPSA) is 75.7 Å². The van der Waals surface area contributed by atoms with Gasteiger partial charge < -0.3 is 10.1 Å². The van der Waals surface area contributed by atoms with Crippen LogP contribution in [0.2, 0.25) is 0 Å². The van der Waals surface area contributed by atoms with E-state index in [0.717, 1.165) is 0 Å². The average molecular weight is 326 g/mol. The molecular weight excluding hydrogens is 304 g/mol. The Labute approximate surface area is 131 Å². The Kier molecular flexibility index (Phi) is 5.42. The first kappa shape index (κ1) is 16.8. The monoisotopic (exact) mass is 326 g/mol. The lowest BCUT2D eigenvalue weighted by molar-refractivity contribution is -0.121. The number of piperidine rings is 1. The molecule has 0 bridgehead atoms. The van der Waals surface area contributed by atoms with E-state index in [1.165, 1.54) is 4.31 Å². The molecule has 1 fully saturated rings. The van der Waals surface area contributed by atoms with E-state index in [4.69, 9.17) is 4.74 Å². The van der Waals surface area contributed by atoms with Gasteiger partial charge in [-0.05, 0) is 37.1 Å². The molecule has 6 nitrogen and oxygen atoms in total. The average Bonchev–Trinajstić information content (AvgIpc) is 2.55. The molecule has 1 N–H and O–H groups in total. The van der Waals surface area contributed by atoms with Gasteiger partial charge in [0.25, 0.3) is 0 Å². The van der Waals surface area contributed by atoms with Gasteiger partial charge in [-0.25, -0.2) is 8.42 Å². The van der Waals surface area contributed by atoms with Crippen molar-refractivity contribution in [1.29, 1.82) is 0 Å². The van der Waals surface area contributed by atoms with Crippen molar-refractivity contribution in [3.8, 4) is 5.75 Å². The van der Waals surface area contributed by atoms with E-state index in [0.29, 0.717) is 38.1 Å². The molecule has 1 aromatic carbocycles. The van der Waals surface area contributed by atoms with E-state index in [-0.39, 0.29) is 16.8 Å². The van der Waals surface area contributed by atoms with Crippen molar-refractivity contribution in [2.24, 2.45) is 0 Å². The summed E-state index contributed by atoms with van der Waals surface area (Å²) in [6, 6.07) is 6.45. The highest BCUT2D eigenvalue weighted by Crippen LogP contribution is 2.22. The standard InChI is InChI=1S/C15H22N2O4S/c1-3-15(18)16-12-8-10-17(11-9-12)22(19,20)14-6-4-13(21-2)5-7-14/h4-7,12H,3,8-11H2,1-2H3,(H,16,18). The van der Waals surface area contributed by atoms with Crippen LogP contribution in [0.5, 0.6) is 5.75 Å². The minimum Gasteiger partial charge on any atom is -0.497 e. The summed E-state index contributed by atoms with van der Waals surface area (Å²) in [5.74, 6) is 0.636. The number of carbonyl (C=O) groups excluding carboxylic acids is 1. The predicted octanol–water partition coefficient (Wildman–Crippen LogP) is 1.37. The third-order valence-electron chi connectivity index (χ3n) is 3.84. The number of sulfonamides is 1. The number of carbonyl (C=O) groups is 1. The van der Waals surface area contributed by atoms with Crippen LogP contribution in [0.25, 0.3) is 0 Å². The smallest absolute Gasteiger partial charge is 0.243 e. The van der Waals surface area contributed by atoms with E-state index >= 15 is 0 Å².